The van der Waals surface area contributed by atoms with Crippen molar-refractivity contribution in [2.45, 2.75) is 17.7 Å². The molecule has 0 aliphatic carbocycles. The van der Waals surface area contributed by atoms with Crippen LogP contribution in [0.5, 0.6) is 0 Å². The molecule has 2 rings (SSSR count). The lowest BCUT2D eigenvalue weighted by atomic mass is 10.4. The van der Waals surface area contributed by atoms with Crippen LogP contribution in [0.3, 0.4) is 0 Å². The highest BCUT2D eigenvalue weighted by molar-refractivity contribution is 7.99. The molecule has 0 bridgehead atoms. The molecular weight excluding hydrogens is 258 g/mol. The molecule has 0 atom stereocenters. The second-order valence-corrected chi connectivity index (χ2v) is 5.34. The first-order valence-electron chi connectivity index (χ1n) is 5.57. The molecule has 1 heterocycles. The maximum Gasteiger partial charge on any atom is 0.246 e. The minimum atomic E-state index is 0.0731. The Kier molecular flexibility index (Phi) is 4.71. The predicted octanol–water partition coefficient (Wildman–Crippen LogP) is 2.99. The number of carbonyl (C=O) groups excluding carboxylic acids is 1. The Morgan fingerprint density at radius 3 is 2.82 bits per heavy atom. The third-order valence-corrected chi connectivity index (χ3v) is 3.69. The number of hydrogen-bond acceptors (Lipinski definition) is 3. The van der Waals surface area contributed by atoms with Gasteiger partial charge in [-0.2, -0.15) is 0 Å². The second-order valence-electron chi connectivity index (χ2n) is 3.74. The summed E-state index contributed by atoms with van der Waals surface area (Å²) in [5.41, 5.74) is 0. The second kappa shape index (κ2) is 6.28. The van der Waals surface area contributed by atoms with Crippen molar-refractivity contribution in [2.24, 2.45) is 0 Å². The molecule has 5 heteroatoms. The first kappa shape index (κ1) is 12.7. The van der Waals surface area contributed by atoms with Gasteiger partial charge in [0.15, 0.2) is 0 Å². The Balaban J connectivity index is 1.72. The van der Waals surface area contributed by atoms with Gasteiger partial charge >= 0.3 is 0 Å². The SMILES string of the molecule is O=C(CCSc1ccc(Cl)cc1)N1CCCO1. The first-order chi connectivity index (χ1) is 8.25. The van der Waals surface area contributed by atoms with Crippen LogP contribution in [-0.4, -0.2) is 29.9 Å². The van der Waals surface area contributed by atoms with Crippen molar-refractivity contribution in [2.75, 3.05) is 18.9 Å². The minimum absolute atomic E-state index is 0.0731. The maximum absolute atomic E-state index is 11.7. The molecule has 0 radical (unpaired) electrons. The van der Waals surface area contributed by atoms with E-state index >= 15 is 0 Å². The monoisotopic (exact) mass is 271 g/mol. The van der Waals surface area contributed by atoms with Crippen molar-refractivity contribution < 1.29 is 9.63 Å². The highest BCUT2D eigenvalue weighted by atomic mass is 35.5. The molecular formula is C12H14ClNO2S. The summed E-state index contributed by atoms with van der Waals surface area (Å²) in [5.74, 6) is 0.837. The van der Waals surface area contributed by atoms with Crippen molar-refractivity contribution in [1.82, 2.24) is 5.06 Å². The van der Waals surface area contributed by atoms with E-state index in [0.717, 1.165) is 28.6 Å². The van der Waals surface area contributed by atoms with E-state index in [1.54, 1.807) is 11.8 Å². The van der Waals surface area contributed by atoms with E-state index in [1.165, 1.54) is 5.06 Å². The van der Waals surface area contributed by atoms with E-state index in [-0.39, 0.29) is 5.91 Å². The molecule has 0 saturated carbocycles. The number of hydroxylamine groups is 2. The fourth-order valence-corrected chi connectivity index (χ4v) is 2.52. The largest absolute Gasteiger partial charge is 0.273 e. The average molecular weight is 272 g/mol. The Hall–Kier alpha value is -0.710. The Morgan fingerprint density at radius 2 is 2.18 bits per heavy atom. The van der Waals surface area contributed by atoms with Crippen molar-refractivity contribution >= 4 is 29.3 Å². The van der Waals surface area contributed by atoms with E-state index in [0.29, 0.717) is 13.0 Å². The van der Waals surface area contributed by atoms with E-state index in [9.17, 15) is 4.79 Å². The van der Waals surface area contributed by atoms with Crippen LogP contribution < -0.4 is 0 Å². The van der Waals surface area contributed by atoms with Gasteiger partial charge in [0.25, 0.3) is 0 Å². The zero-order chi connectivity index (χ0) is 12.1. The van der Waals surface area contributed by atoms with Crippen LogP contribution >= 0.6 is 23.4 Å². The van der Waals surface area contributed by atoms with Gasteiger partial charge in [0.1, 0.15) is 0 Å². The summed E-state index contributed by atoms with van der Waals surface area (Å²) in [5, 5.41) is 2.21. The number of halogens is 1. The van der Waals surface area contributed by atoms with E-state index < -0.39 is 0 Å². The molecule has 0 N–H and O–H groups in total. The average Bonchev–Trinajstić information content (AvgIpc) is 2.85. The van der Waals surface area contributed by atoms with Gasteiger partial charge in [0.2, 0.25) is 5.91 Å². The van der Waals surface area contributed by atoms with Crippen LogP contribution in [0.2, 0.25) is 5.02 Å². The standard InChI is InChI=1S/C12H14ClNO2S/c13-10-2-4-11(5-3-10)17-9-6-12(15)14-7-1-8-16-14/h2-5H,1,6-9H2. The highest BCUT2D eigenvalue weighted by Crippen LogP contribution is 2.21. The van der Waals surface area contributed by atoms with Crippen LogP contribution in [0.25, 0.3) is 0 Å². The van der Waals surface area contributed by atoms with Crippen LogP contribution in [-0.2, 0) is 9.63 Å². The topological polar surface area (TPSA) is 29.5 Å². The van der Waals surface area contributed by atoms with Crippen LogP contribution in [0.4, 0.5) is 0 Å². The molecule has 92 valence electrons. The number of amides is 1. The van der Waals surface area contributed by atoms with Crippen molar-refractivity contribution in [3.8, 4) is 0 Å². The summed E-state index contributed by atoms with van der Waals surface area (Å²) in [6, 6.07) is 7.64. The van der Waals surface area contributed by atoms with E-state index in [4.69, 9.17) is 16.4 Å². The summed E-state index contributed by atoms with van der Waals surface area (Å²) < 4.78 is 0. The van der Waals surface area contributed by atoms with Gasteiger partial charge in [-0.3, -0.25) is 9.63 Å². The number of hydrogen-bond donors (Lipinski definition) is 0. The Labute approximate surface area is 110 Å². The summed E-state index contributed by atoms with van der Waals surface area (Å²) in [6.07, 6.45) is 1.45. The number of nitrogens with zero attached hydrogens (tertiary/aromatic N) is 1. The predicted molar refractivity (Wildman–Crippen MR) is 69.1 cm³/mol. The van der Waals surface area contributed by atoms with Crippen LogP contribution in [0, 0.1) is 0 Å². The smallest absolute Gasteiger partial charge is 0.246 e. The summed E-state index contributed by atoms with van der Waals surface area (Å²) in [6.45, 7) is 1.39. The lowest BCUT2D eigenvalue weighted by molar-refractivity contribution is -0.168. The van der Waals surface area contributed by atoms with Gasteiger partial charge in [-0.1, -0.05) is 11.6 Å². The highest BCUT2D eigenvalue weighted by Gasteiger charge is 2.18. The summed E-state index contributed by atoms with van der Waals surface area (Å²) in [4.78, 5) is 18.0. The molecule has 17 heavy (non-hydrogen) atoms. The number of thioether (sulfide) groups is 1. The molecule has 1 aliphatic heterocycles. The molecule has 1 aromatic carbocycles. The molecule has 3 nitrogen and oxygen atoms in total. The van der Waals surface area contributed by atoms with E-state index in [2.05, 4.69) is 0 Å². The van der Waals surface area contributed by atoms with Gasteiger partial charge in [-0.05, 0) is 30.7 Å². The van der Waals surface area contributed by atoms with Gasteiger partial charge in [-0.15, -0.1) is 11.8 Å². The van der Waals surface area contributed by atoms with Crippen molar-refractivity contribution in [3.63, 3.8) is 0 Å². The lowest BCUT2D eigenvalue weighted by Crippen LogP contribution is -2.26. The van der Waals surface area contributed by atoms with Crippen molar-refractivity contribution in [3.05, 3.63) is 29.3 Å². The maximum atomic E-state index is 11.7. The Morgan fingerprint density at radius 1 is 1.41 bits per heavy atom. The first-order valence-corrected chi connectivity index (χ1v) is 6.94. The van der Waals surface area contributed by atoms with Gasteiger partial charge < -0.3 is 0 Å². The summed E-state index contributed by atoms with van der Waals surface area (Å²) >= 11 is 7.45. The lowest BCUT2D eigenvalue weighted by Gasteiger charge is -2.13. The van der Waals surface area contributed by atoms with Crippen molar-refractivity contribution in [1.29, 1.82) is 0 Å². The molecule has 1 aliphatic rings. The van der Waals surface area contributed by atoms with Gasteiger partial charge in [0, 0.05) is 22.1 Å². The fraction of sp³-hybridized carbons (Fsp3) is 0.417. The third kappa shape index (κ3) is 3.91. The fourth-order valence-electron chi connectivity index (χ4n) is 1.56. The molecule has 1 aromatic rings. The van der Waals surface area contributed by atoms with Crippen LogP contribution in [0.15, 0.2) is 29.2 Å². The minimum Gasteiger partial charge on any atom is -0.273 e. The Bertz CT molecular complexity index is 377. The number of carbonyl (C=O) groups is 1. The van der Waals surface area contributed by atoms with Gasteiger partial charge in [-0.25, -0.2) is 5.06 Å². The normalized spacial score (nSPS) is 15.2. The quantitative estimate of drug-likeness (QED) is 0.789. The molecule has 0 aromatic heterocycles. The molecule has 1 saturated heterocycles. The van der Waals surface area contributed by atoms with E-state index in [1.807, 2.05) is 24.3 Å². The zero-order valence-electron chi connectivity index (χ0n) is 9.39. The number of benzene rings is 1. The third-order valence-electron chi connectivity index (χ3n) is 2.43. The number of rotatable bonds is 4. The molecule has 0 unspecified atom stereocenters. The summed E-state index contributed by atoms with van der Waals surface area (Å²) in [7, 11) is 0. The van der Waals surface area contributed by atoms with Crippen LogP contribution in [0.1, 0.15) is 12.8 Å². The molecule has 1 amide bonds. The zero-order valence-corrected chi connectivity index (χ0v) is 11.0. The van der Waals surface area contributed by atoms with Gasteiger partial charge in [0.05, 0.1) is 13.2 Å². The molecule has 1 fully saturated rings. The molecule has 0 spiro atoms.